The van der Waals surface area contributed by atoms with Crippen molar-refractivity contribution >= 4 is 5.69 Å². The number of aryl methyl sites for hydroxylation is 1. The Morgan fingerprint density at radius 2 is 2.12 bits per heavy atom. The van der Waals surface area contributed by atoms with E-state index in [1.807, 2.05) is 19.9 Å². The lowest BCUT2D eigenvalue weighted by molar-refractivity contribution is -0.385. The van der Waals surface area contributed by atoms with Crippen LogP contribution < -0.4 is 5.90 Å². The summed E-state index contributed by atoms with van der Waals surface area (Å²) >= 11 is 0. The number of nitrogens with two attached hydrogens (primary N) is 1. The molecular weight excluding hydrogens is 208 g/mol. The average Bonchev–Trinajstić information content (AvgIpc) is 2.17. The van der Waals surface area contributed by atoms with Gasteiger partial charge in [0.05, 0.1) is 11.5 Å². The molecule has 1 rings (SSSR count). The second-order valence-corrected chi connectivity index (χ2v) is 4.45. The Bertz CT molecular complexity index is 402. The highest BCUT2D eigenvalue weighted by Crippen LogP contribution is 2.28. The molecule has 1 aromatic rings. The smallest absolute Gasteiger partial charge is 0.272 e. The van der Waals surface area contributed by atoms with Crippen LogP contribution in [-0.2, 0) is 10.3 Å². The quantitative estimate of drug-likeness (QED) is 0.627. The van der Waals surface area contributed by atoms with Crippen LogP contribution in [0.25, 0.3) is 0 Å². The molecule has 0 aliphatic rings. The Labute approximate surface area is 94.3 Å². The van der Waals surface area contributed by atoms with Crippen molar-refractivity contribution in [3.05, 3.63) is 39.4 Å². The third-order valence-electron chi connectivity index (χ3n) is 2.63. The Morgan fingerprint density at radius 3 is 2.62 bits per heavy atom. The third-order valence-corrected chi connectivity index (χ3v) is 2.63. The number of nitro groups is 1. The third kappa shape index (κ3) is 2.56. The van der Waals surface area contributed by atoms with Crippen LogP contribution in [0.3, 0.4) is 0 Å². The van der Waals surface area contributed by atoms with Gasteiger partial charge in [-0.3, -0.25) is 10.1 Å². The van der Waals surface area contributed by atoms with Gasteiger partial charge in [0.25, 0.3) is 5.69 Å². The molecule has 0 spiro atoms. The molecule has 0 aromatic heterocycles. The molecule has 0 radical (unpaired) electrons. The fraction of sp³-hybridized carbons (Fsp3) is 0.455. The summed E-state index contributed by atoms with van der Waals surface area (Å²) in [6.07, 6.45) is 0. The zero-order valence-electron chi connectivity index (χ0n) is 9.69. The van der Waals surface area contributed by atoms with Crippen molar-refractivity contribution in [2.45, 2.75) is 26.2 Å². The monoisotopic (exact) mass is 224 g/mol. The van der Waals surface area contributed by atoms with Crippen molar-refractivity contribution in [2.75, 3.05) is 6.61 Å². The Hall–Kier alpha value is -1.46. The average molecular weight is 224 g/mol. The molecule has 0 aliphatic heterocycles. The minimum absolute atomic E-state index is 0.127. The fourth-order valence-electron chi connectivity index (χ4n) is 1.52. The Balaban J connectivity index is 3.17. The first kappa shape index (κ1) is 12.6. The van der Waals surface area contributed by atoms with E-state index in [1.165, 1.54) is 0 Å². The number of hydrogen-bond donors (Lipinski definition) is 1. The van der Waals surface area contributed by atoms with Gasteiger partial charge in [0, 0.05) is 17.0 Å². The predicted molar refractivity (Wildman–Crippen MR) is 61.0 cm³/mol. The Morgan fingerprint density at radius 1 is 1.50 bits per heavy atom. The minimum Gasteiger partial charge on any atom is -0.304 e. The van der Waals surface area contributed by atoms with Gasteiger partial charge in [0.1, 0.15) is 0 Å². The molecular formula is C11H16N2O3. The van der Waals surface area contributed by atoms with E-state index >= 15 is 0 Å². The van der Waals surface area contributed by atoms with Crippen LogP contribution in [0.5, 0.6) is 0 Å². The van der Waals surface area contributed by atoms with Gasteiger partial charge in [-0.2, -0.15) is 0 Å². The molecule has 5 nitrogen and oxygen atoms in total. The maximum atomic E-state index is 10.8. The van der Waals surface area contributed by atoms with Gasteiger partial charge >= 0.3 is 0 Å². The highest BCUT2D eigenvalue weighted by atomic mass is 16.6. The normalized spacial score (nSPS) is 11.5. The van der Waals surface area contributed by atoms with Gasteiger partial charge in [-0.15, -0.1) is 0 Å². The SMILES string of the molecule is Cc1ccc(C(C)(C)CON)cc1[N+](=O)[O-]. The summed E-state index contributed by atoms with van der Waals surface area (Å²) in [6.45, 7) is 5.88. The van der Waals surface area contributed by atoms with Gasteiger partial charge in [0.15, 0.2) is 0 Å². The molecule has 0 atom stereocenters. The van der Waals surface area contributed by atoms with Crippen LogP contribution in [0.4, 0.5) is 5.69 Å². The van der Waals surface area contributed by atoms with Crippen LogP contribution in [0.1, 0.15) is 25.0 Å². The molecule has 0 amide bonds. The molecule has 0 saturated carbocycles. The van der Waals surface area contributed by atoms with Crippen molar-refractivity contribution in [3.63, 3.8) is 0 Å². The van der Waals surface area contributed by atoms with Crippen LogP contribution in [0, 0.1) is 17.0 Å². The minimum atomic E-state index is -0.377. The van der Waals surface area contributed by atoms with E-state index in [1.54, 1.807) is 19.1 Å². The Kier molecular flexibility index (Phi) is 3.62. The summed E-state index contributed by atoms with van der Waals surface area (Å²) < 4.78 is 0. The van der Waals surface area contributed by atoms with E-state index in [4.69, 9.17) is 5.90 Å². The second-order valence-electron chi connectivity index (χ2n) is 4.45. The van der Waals surface area contributed by atoms with Crippen LogP contribution >= 0.6 is 0 Å². The largest absolute Gasteiger partial charge is 0.304 e. The predicted octanol–water partition coefficient (Wildman–Crippen LogP) is 2.07. The van der Waals surface area contributed by atoms with E-state index < -0.39 is 0 Å². The van der Waals surface area contributed by atoms with Crippen LogP contribution in [0.15, 0.2) is 18.2 Å². The molecule has 0 fully saturated rings. The summed E-state index contributed by atoms with van der Waals surface area (Å²) in [5.41, 5.74) is 1.28. The van der Waals surface area contributed by atoms with Gasteiger partial charge in [-0.25, -0.2) is 5.90 Å². The van der Waals surface area contributed by atoms with Crippen LogP contribution in [-0.4, -0.2) is 11.5 Å². The van der Waals surface area contributed by atoms with E-state index in [0.29, 0.717) is 12.2 Å². The van der Waals surface area contributed by atoms with E-state index in [0.717, 1.165) is 5.56 Å². The first-order valence-corrected chi connectivity index (χ1v) is 4.95. The molecule has 0 aliphatic carbocycles. The number of hydrogen-bond acceptors (Lipinski definition) is 4. The molecule has 0 heterocycles. The second kappa shape index (κ2) is 4.59. The summed E-state index contributed by atoms with van der Waals surface area (Å²) in [6, 6.07) is 5.18. The van der Waals surface area contributed by atoms with Crippen molar-refractivity contribution in [3.8, 4) is 0 Å². The number of nitro benzene ring substituents is 1. The molecule has 1 aromatic carbocycles. The molecule has 0 bridgehead atoms. The zero-order valence-corrected chi connectivity index (χ0v) is 9.69. The van der Waals surface area contributed by atoms with Crippen molar-refractivity contribution in [2.24, 2.45) is 5.90 Å². The first-order chi connectivity index (χ1) is 7.38. The highest BCUT2D eigenvalue weighted by Gasteiger charge is 2.23. The van der Waals surface area contributed by atoms with E-state index in [-0.39, 0.29) is 16.0 Å². The van der Waals surface area contributed by atoms with Gasteiger partial charge in [0.2, 0.25) is 0 Å². The van der Waals surface area contributed by atoms with Gasteiger partial charge < -0.3 is 4.84 Å². The zero-order chi connectivity index (χ0) is 12.3. The lowest BCUT2D eigenvalue weighted by Crippen LogP contribution is -2.26. The first-order valence-electron chi connectivity index (χ1n) is 4.95. The molecule has 0 unspecified atom stereocenters. The van der Waals surface area contributed by atoms with Crippen molar-refractivity contribution in [1.29, 1.82) is 0 Å². The molecule has 0 saturated heterocycles. The number of benzene rings is 1. The van der Waals surface area contributed by atoms with Gasteiger partial charge in [-0.1, -0.05) is 26.0 Å². The lowest BCUT2D eigenvalue weighted by atomic mass is 9.85. The van der Waals surface area contributed by atoms with E-state index in [2.05, 4.69) is 4.84 Å². The molecule has 88 valence electrons. The maximum Gasteiger partial charge on any atom is 0.272 e. The summed E-state index contributed by atoms with van der Waals surface area (Å²) in [7, 11) is 0. The van der Waals surface area contributed by atoms with Crippen molar-refractivity contribution in [1.82, 2.24) is 0 Å². The van der Waals surface area contributed by atoms with Crippen molar-refractivity contribution < 1.29 is 9.76 Å². The fourth-order valence-corrected chi connectivity index (χ4v) is 1.52. The standard InChI is InChI=1S/C11H16N2O3/c1-8-4-5-9(6-10(8)13(14)15)11(2,3)7-16-12/h4-6H,7,12H2,1-3H3. The molecule has 16 heavy (non-hydrogen) atoms. The lowest BCUT2D eigenvalue weighted by Gasteiger charge is -2.23. The van der Waals surface area contributed by atoms with Crippen LogP contribution in [0.2, 0.25) is 0 Å². The summed E-state index contributed by atoms with van der Waals surface area (Å²) in [5.74, 6) is 5.05. The number of rotatable bonds is 4. The molecule has 2 N–H and O–H groups in total. The maximum absolute atomic E-state index is 10.8. The number of nitrogens with zero attached hydrogens (tertiary/aromatic N) is 1. The topological polar surface area (TPSA) is 78.4 Å². The highest BCUT2D eigenvalue weighted by molar-refractivity contribution is 5.44. The summed E-state index contributed by atoms with van der Waals surface area (Å²) in [5, 5.41) is 10.8. The summed E-state index contributed by atoms with van der Waals surface area (Å²) in [4.78, 5) is 15.1. The molecule has 5 heteroatoms. The van der Waals surface area contributed by atoms with Gasteiger partial charge in [-0.05, 0) is 12.5 Å². The van der Waals surface area contributed by atoms with E-state index in [9.17, 15) is 10.1 Å².